The van der Waals surface area contributed by atoms with Gasteiger partial charge in [0.05, 0.1) is 25.0 Å². The van der Waals surface area contributed by atoms with Gasteiger partial charge >= 0.3 is 0 Å². The zero-order chi connectivity index (χ0) is 15.2. The van der Waals surface area contributed by atoms with Crippen molar-refractivity contribution >= 4 is 12.2 Å². The van der Waals surface area contributed by atoms with Crippen molar-refractivity contribution in [3.63, 3.8) is 0 Å². The fourth-order valence-corrected chi connectivity index (χ4v) is 2.35. The molecule has 0 aromatic rings. The molecule has 2 aliphatic heterocycles. The molecule has 0 amide bonds. The molecule has 112 valence electrons. The molecule has 3 N–H and O–H groups in total. The van der Waals surface area contributed by atoms with Gasteiger partial charge in [-0.2, -0.15) is 9.81 Å². The molecule has 0 bridgehead atoms. The Hall–Kier alpha value is -2.42. The predicted octanol–water partition coefficient (Wildman–Crippen LogP) is -0.228. The second kappa shape index (κ2) is 6.84. The summed E-state index contributed by atoms with van der Waals surface area (Å²) in [6.45, 7) is -0.480. The van der Waals surface area contributed by atoms with Gasteiger partial charge in [0.1, 0.15) is 25.0 Å². The topological polar surface area (TPSA) is 133 Å². The molecule has 3 atom stereocenters. The Kier molecular flexibility index (Phi) is 4.88. The number of hydrogen-bond acceptors (Lipinski definition) is 9. The Balaban J connectivity index is 2.21. The van der Waals surface area contributed by atoms with Gasteiger partial charge in [0.2, 0.25) is 0 Å². The van der Waals surface area contributed by atoms with Crippen molar-refractivity contribution in [3.8, 4) is 0 Å². The van der Waals surface area contributed by atoms with E-state index in [1.807, 2.05) is 11.0 Å². The van der Waals surface area contributed by atoms with E-state index in [1.165, 1.54) is 0 Å². The lowest BCUT2D eigenvalue weighted by molar-refractivity contribution is 0.315. The number of aliphatic imine (C=N–C) groups is 2. The summed E-state index contributed by atoms with van der Waals surface area (Å²) in [5, 5.41) is 14.9. The van der Waals surface area contributed by atoms with Crippen LogP contribution < -0.4 is 5.73 Å². The number of nitrogens with zero attached hydrogens (tertiary/aromatic N) is 5. The van der Waals surface area contributed by atoms with E-state index in [-0.39, 0.29) is 31.8 Å². The molecule has 0 radical (unpaired) electrons. The van der Waals surface area contributed by atoms with Crippen LogP contribution in [0.2, 0.25) is 0 Å². The summed E-state index contributed by atoms with van der Waals surface area (Å²) >= 11 is 0. The number of aliphatic hydroxyl groups excluding tert-OH is 1. The normalized spacial score (nSPS) is 25.5. The molecule has 0 fully saturated rings. The summed E-state index contributed by atoms with van der Waals surface area (Å²) in [7, 11) is 0. The zero-order valence-corrected chi connectivity index (χ0v) is 11.2. The smallest absolute Gasteiger partial charge is 0.133 e. The Morgan fingerprint density at radius 1 is 1.52 bits per heavy atom. The van der Waals surface area contributed by atoms with Crippen molar-refractivity contribution in [2.75, 3.05) is 19.7 Å². The number of nitroso groups, excluding NO2 is 2. The second-order valence-electron chi connectivity index (χ2n) is 4.69. The lowest BCUT2D eigenvalue weighted by Gasteiger charge is -2.31. The van der Waals surface area contributed by atoms with Crippen LogP contribution in [0.5, 0.6) is 0 Å². The molecule has 0 aliphatic carbocycles. The van der Waals surface area contributed by atoms with Gasteiger partial charge in [0, 0.05) is 6.20 Å². The predicted molar refractivity (Wildman–Crippen MR) is 79.0 cm³/mol. The number of hydrogen-bond donors (Lipinski definition) is 2. The van der Waals surface area contributed by atoms with Crippen LogP contribution in [-0.4, -0.2) is 60.0 Å². The molecule has 2 aliphatic rings. The third-order valence-corrected chi connectivity index (χ3v) is 3.38. The van der Waals surface area contributed by atoms with E-state index < -0.39 is 6.04 Å². The highest BCUT2D eigenvalue weighted by atomic mass is 16.3. The van der Waals surface area contributed by atoms with Crippen LogP contribution in [-0.2, 0) is 0 Å². The van der Waals surface area contributed by atoms with Gasteiger partial charge in [0.15, 0.2) is 0 Å². The maximum absolute atomic E-state index is 10.7. The molecular formula is C12H16N6O3. The molecule has 3 unspecified atom stereocenters. The van der Waals surface area contributed by atoms with Gasteiger partial charge in [-0.1, -0.05) is 16.4 Å². The first-order valence-corrected chi connectivity index (χ1v) is 6.40. The summed E-state index contributed by atoms with van der Waals surface area (Å²) in [6.07, 6.45) is 6.62. The summed E-state index contributed by atoms with van der Waals surface area (Å²) < 4.78 is 0. The van der Waals surface area contributed by atoms with Crippen LogP contribution in [0.4, 0.5) is 0 Å². The maximum atomic E-state index is 10.7. The number of fused-ring (bicyclic) bond motifs is 1. The molecule has 9 nitrogen and oxygen atoms in total. The number of amidine groups is 1. The van der Waals surface area contributed by atoms with Crippen LogP contribution in [0.25, 0.3) is 0 Å². The highest BCUT2D eigenvalue weighted by molar-refractivity contribution is 5.91. The van der Waals surface area contributed by atoms with Crippen molar-refractivity contribution in [1.29, 1.82) is 0 Å². The fourth-order valence-electron chi connectivity index (χ4n) is 2.35. The van der Waals surface area contributed by atoms with Crippen molar-refractivity contribution in [2.45, 2.75) is 18.1 Å². The van der Waals surface area contributed by atoms with E-state index in [0.717, 1.165) is 0 Å². The van der Waals surface area contributed by atoms with Crippen molar-refractivity contribution < 1.29 is 5.11 Å². The monoisotopic (exact) mass is 292 g/mol. The standard InChI is InChI=1S/C12H16N6O3/c13-12-11-10(1-2-14-12)18(7-15-11)9(5-17-21)3-8(6-19)4-16-20/h1-3,7,9-11,19H,4-6H2,(H2,13,14)/b8-3+. The van der Waals surface area contributed by atoms with Gasteiger partial charge in [0.25, 0.3) is 0 Å². The van der Waals surface area contributed by atoms with Crippen molar-refractivity contribution in [3.05, 3.63) is 33.7 Å². The molecule has 2 heterocycles. The fraction of sp³-hybridized carbons (Fsp3) is 0.500. The summed E-state index contributed by atoms with van der Waals surface area (Å²) in [6, 6.07) is -0.880. The average molecular weight is 292 g/mol. The zero-order valence-electron chi connectivity index (χ0n) is 11.2. The molecule has 0 saturated carbocycles. The summed E-state index contributed by atoms with van der Waals surface area (Å²) in [5.74, 6) is 0.403. The van der Waals surface area contributed by atoms with Crippen molar-refractivity contribution in [1.82, 2.24) is 4.90 Å². The molecule has 9 heteroatoms. The average Bonchev–Trinajstić information content (AvgIpc) is 2.91. The van der Waals surface area contributed by atoms with Gasteiger partial charge in [-0.3, -0.25) is 4.99 Å². The van der Waals surface area contributed by atoms with E-state index in [2.05, 4.69) is 20.3 Å². The first-order valence-electron chi connectivity index (χ1n) is 6.40. The Morgan fingerprint density at radius 3 is 3.00 bits per heavy atom. The minimum atomic E-state index is -0.430. The quantitative estimate of drug-likeness (QED) is 0.494. The van der Waals surface area contributed by atoms with Crippen LogP contribution >= 0.6 is 0 Å². The van der Waals surface area contributed by atoms with E-state index in [0.29, 0.717) is 11.4 Å². The lowest BCUT2D eigenvalue weighted by Crippen LogP contribution is -2.47. The largest absolute Gasteiger partial charge is 0.392 e. The summed E-state index contributed by atoms with van der Waals surface area (Å²) in [4.78, 5) is 31.1. The first-order chi connectivity index (χ1) is 10.2. The summed E-state index contributed by atoms with van der Waals surface area (Å²) in [5.41, 5.74) is 6.22. The van der Waals surface area contributed by atoms with Gasteiger partial charge in [-0.15, -0.1) is 0 Å². The Labute approximate surface area is 120 Å². The third-order valence-electron chi connectivity index (χ3n) is 3.38. The van der Waals surface area contributed by atoms with Crippen LogP contribution in [0, 0.1) is 9.81 Å². The van der Waals surface area contributed by atoms with Gasteiger partial charge < -0.3 is 15.7 Å². The van der Waals surface area contributed by atoms with Crippen LogP contribution in [0.3, 0.4) is 0 Å². The molecule has 0 aromatic heterocycles. The number of aliphatic hydroxyl groups is 1. The number of rotatable bonds is 7. The minimum absolute atomic E-state index is 0.0392. The number of nitrogens with two attached hydrogens (primary N) is 1. The molecule has 2 rings (SSSR count). The third kappa shape index (κ3) is 3.19. The molecule has 0 saturated heterocycles. The van der Waals surface area contributed by atoms with Gasteiger partial charge in [-0.05, 0) is 11.6 Å². The Morgan fingerprint density at radius 2 is 2.33 bits per heavy atom. The highest BCUT2D eigenvalue weighted by Crippen LogP contribution is 2.22. The van der Waals surface area contributed by atoms with Crippen LogP contribution in [0.1, 0.15) is 0 Å². The highest BCUT2D eigenvalue weighted by Gasteiger charge is 2.36. The lowest BCUT2D eigenvalue weighted by atomic mass is 10.0. The maximum Gasteiger partial charge on any atom is 0.133 e. The first kappa shape index (κ1) is 15.0. The SMILES string of the molecule is NC1=NC=CC2C1N=CN2C(/C=C(/CO)CN=O)CN=O. The van der Waals surface area contributed by atoms with E-state index in [9.17, 15) is 14.9 Å². The second-order valence-corrected chi connectivity index (χ2v) is 4.69. The molecule has 21 heavy (non-hydrogen) atoms. The Bertz CT molecular complexity index is 527. The van der Waals surface area contributed by atoms with E-state index in [4.69, 9.17) is 5.73 Å². The molecule has 0 spiro atoms. The van der Waals surface area contributed by atoms with Crippen molar-refractivity contribution in [2.24, 2.45) is 26.1 Å². The van der Waals surface area contributed by atoms with E-state index in [1.54, 1.807) is 18.6 Å². The molecular weight excluding hydrogens is 276 g/mol. The van der Waals surface area contributed by atoms with E-state index >= 15 is 0 Å². The molecule has 0 aromatic carbocycles. The minimum Gasteiger partial charge on any atom is -0.392 e. The van der Waals surface area contributed by atoms with Crippen LogP contribution in [0.15, 0.2) is 44.3 Å². The van der Waals surface area contributed by atoms with Gasteiger partial charge in [-0.25, -0.2) is 4.99 Å².